The predicted octanol–water partition coefficient (Wildman–Crippen LogP) is 5.10. The smallest absolute Gasteiger partial charge is 0.0720 e. The largest absolute Gasteiger partial charge is 0.374 e. The monoisotopic (exact) mass is 316 g/mol. The zero-order valence-corrected chi connectivity index (χ0v) is 14.7. The van der Waals surface area contributed by atoms with Gasteiger partial charge in [-0.05, 0) is 61.4 Å². The van der Waals surface area contributed by atoms with E-state index in [0.29, 0.717) is 12.7 Å². The molecule has 2 aromatic carbocycles. The van der Waals surface area contributed by atoms with Crippen LogP contribution in [0.25, 0.3) is 0 Å². The fraction of sp³-hybridized carbons (Fsp3) is 0.304. The van der Waals surface area contributed by atoms with Gasteiger partial charge in [0.2, 0.25) is 0 Å². The van der Waals surface area contributed by atoms with Crippen molar-refractivity contribution in [2.24, 2.45) is 0 Å². The van der Waals surface area contributed by atoms with E-state index in [4.69, 9.17) is 4.74 Å². The molecule has 0 N–H and O–H groups in total. The first-order chi connectivity index (χ1) is 11.7. The molecule has 0 amide bonds. The third-order valence-corrected chi connectivity index (χ3v) is 3.88. The van der Waals surface area contributed by atoms with E-state index in [0.717, 1.165) is 24.0 Å². The Morgan fingerprint density at radius 3 is 1.79 bits per heavy atom. The van der Waals surface area contributed by atoms with Gasteiger partial charge in [-0.25, -0.2) is 0 Å². The molecule has 0 spiro atoms. The summed E-state index contributed by atoms with van der Waals surface area (Å²) in [5.41, 5.74) is 4.38. The Labute approximate surface area is 146 Å². The lowest BCUT2D eigenvalue weighted by molar-refractivity contribution is 0.0358. The van der Waals surface area contributed by atoms with Crippen molar-refractivity contribution in [1.82, 2.24) is 0 Å². The van der Waals surface area contributed by atoms with Gasteiger partial charge < -0.3 is 4.74 Å². The van der Waals surface area contributed by atoms with Crippen LogP contribution in [0.4, 0.5) is 0 Å². The maximum Gasteiger partial charge on any atom is 0.0720 e. The second kappa shape index (κ2) is 9.61. The average molecular weight is 316 g/mol. The molecule has 1 nitrogen and oxygen atoms in total. The first-order valence-corrected chi connectivity index (χ1v) is 8.50. The van der Waals surface area contributed by atoms with Gasteiger partial charge in [0, 0.05) is 11.1 Å². The van der Waals surface area contributed by atoms with E-state index in [1.807, 2.05) is 24.3 Å². The molecule has 0 aliphatic heterocycles. The summed E-state index contributed by atoms with van der Waals surface area (Å²) in [5, 5.41) is 0. The standard InChI is InChI=1S/C23H24O/c1-4-23(5-2)24-18-22-16-14-21(15-17-22)9-7-6-8-20-12-10-19(3)11-13-20/h10-17,23H,4-5,18H2,1-3H3. The van der Waals surface area contributed by atoms with Crippen LogP contribution in [0.1, 0.15) is 48.9 Å². The molecular formula is C23H24O. The van der Waals surface area contributed by atoms with Crippen LogP contribution in [0.3, 0.4) is 0 Å². The van der Waals surface area contributed by atoms with Crippen LogP contribution in [0.15, 0.2) is 48.5 Å². The van der Waals surface area contributed by atoms with Crippen molar-refractivity contribution in [2.75, 3.05) is 0 Å². The predicted molar refractivity (Wildman–Crippen MR) is 101 cm³/mol. The molecule has 2 rings (SSSR count). The van der Waals surface area contributed by atoms with E-state index in [2.05, 4.69) is 68.7 Å². The highest BCUT2D eigenvalue weighted by atomic mass is 16.5. The van der Waals surface area contributed by atoms with Crippen molar-refractivity contribution in [1.29, 1.82) is 0 Å². The van der Waals surface area contributed by atoms with Crippen LogP contribution in [0.2, 0.25) is 0 Å². The third-order valence-electron chi connectivity index (χ3n) is 3.88. The summed E-state index contributed by atoms with van der Waals surface area (Å²) in [5.74, 6) is 11.9. The van der Waals surface area contributed by atoms with Crippen LogP contribution in [0.5, 0.6) is 0 Å². The molecule has 0 aliphatic carbocycles. The molecule has 0 atom stereocenters. The lowest BCUT2D eigenvalue weighted by atomic mass is 10.1. The lowest BCUT2D eigenvalue weighted by Gasteiger charge is -2.13. The molecule has 2 aromatic rings. The SMILES string of the molecule is CCC(CC)OCc1ccc(C#CC#Cc2ccc(C)cc2)cc1. The van der Waals surface area contributed by atoms with E-state index < -0.39 is 0 Å². The molecule has 24 heavy (non-hydrogen) atoms. The summed E-state index contributed by atoms with van der Waals surface area (Å²) in [4.78, 5) is 0. The third kappa shape index (κ3) is 5.96. The van der Waals surface area contributed by atoms with E-state index in [-0.39, 0.29) is 0 Å². The number of hydrogen-bond donors (Lipinski definition) is 0. The van der Waals surface area contributed by atoms with Crippen LogP contribution < -0.4 is 0 Å². The summed E-state index contributed by atoms with van der Waals surface area (Å²) in [6.07, 6.45) is 2.46. The average Bonchev–Trinajstić information content (AvgIpc) is 2.62. The molecule has 0 saturated heterocycles. The Bertz CT molecular complexity index is 742. The highest BCUT2D eigenvalue weighted by Crippen LogP contribution is 2.09. The van der Waals surface area contributed by atoms with Crippen molar-refractivity contribution in [2.45, 2.75) is 46.3 Å². The van der Waals surface area contributed by atoms with Gasteiger partial charge in [0.25, 0.3) is 0 Å². The van der Waals surface area contributed by atoms with Gasteiger partial charge in [-0.3, -0.25) is 0 Å². The van der Waals surface area contributed by atoms with E-state index in [1.54, 1.807) is 0 Å². The molecule has 0 saturated carbocycles. The molecule has 1 heteroatoms. The van der Waals surface area contributed by atoms with Crippen LogP contribution >= 0.6 is 0 Å². The number of hydrogen-bond acceptors (Lipinski definition) is 1. The Morgan fingerprint density at radius 2 is 1.29 bits per heavy atom. The Hall–Kier alpha value is -2.48. The summed E-state index contributed by atoms with van der Waals surface area (Å²) in [6, 6.07) is 16.3. The Morgan fingerprint density at radius 1 is 0.792 bits per heavy atom. The first-order valence-electron chi connectivity index (χ1n) is 8.50. The highest BCUT2D eigenvalue weighted by Gasteiger charge is 2.03. The highest BCUT2D eigenvalue weighted by molar-refractivity contribution is 5.45. The van der Waals surface area contributed by atoms with Gasteiger partial charge in [-0.15, -0.1) is 0 Å². The quantitative estimate of drug-likeness (QED) is 0.697. The van der Waals surface area contributed by atoms with Gasteiger partial charge in [-0.1, -0.05) is 55.5 Å². The van der Waals surface area contributed by atoms with Crippen molar-refractivity contribution < 1.29 is 4.74 Å². The van der Waals surface area contributed by atoms with Gasteiger partial charge in [0.05, 0.1) is 12.7 Å². The fourth-order valence-corrected chi connectivity index (χ4v) is 2.27. The molecule has 0 aliphatic rings. The second-order valence-electron chi connectivity index (χ2n) is 5.81. The normalized spacial score (nSPS) is 9.83. The number of ether oxygens (including phenoxy) is 1. The zero-order chi connectivity index (χ0) is 17.2. The molecule has 0 aromatic heterocycles. The fourth-order valence-electron chi connectivity index (χ4n) is 2.27. The van der Waals surface area contributed by atoms with Gasteiger partial charge in [0.15, 0.2) is 0 Å². The lowest BCUT2D eigenvalue weighted by Crippen LogP contribution is -2.09. The molecular weight excluding hydrogens is 292 g/mol. The minimum atomic E-state index is 0.349. The maximum absolute atomic E-state index is 5.86. The molecule has 0 fully saturated rings. The molecule has 0 radical (unpaired) electrons. The van der Waals surface area contributed by atoms with Gasteiger partial charge in [0.1, 0.15) is 0 Å². The summed E-state index contributed by atoms with van der Waals surface area (Å²) in [7, 11) is 0. The van der Waals surface area contributed by atoms with Crippen molar-refractivity contribution in [3.05, 3.63) is 70.8 Å². The molecule has 0 bridgehead atoms. The summed E-state index contributed by atoms with van der Waals surface area (Å²) >= 11 is 0. The maximum atomic E-state index is 5.86. The minimum absolute atomic E-state index is 0.349. The van der Waals surface area contributed by atoms with Gasteiger partial charge >= 0.3 is 0 Å². The molecule has 0 unspecified atom stereocenters. The van der Waals surface area contributed by atoms with E-state index in [1.165, 1.54) is 11.1 Å². The Balaban J connectivity index is 1.92. The zero-order valence-electron chi connectivity index (χ0n) is 14.7. The number of benzene rings is 2. The Kier molecular flexibility index (Phi) is 7.16. The molecule has 122 valence electrons. The number of aryl methyl sites for hydroxylation is 1. The van der Waals surface area contributed by atoms with E-state index in [9.17, 15) is 0 Å². The summed E-state index contributed by atoms with van der Waals surface area (Å²) in [6.45, 7) is 7.04. The first kappa shape index (κ1) is 17.9. The second-order valence-corrected chi connectivity index (χ2v) is 5.81. The van der Waals surface area contributed by atoms with Crippen LogP contribution in [-0.4, -0.2) is 6.10 Å². The minimum Gasteiger partial charge on any atom is -0.374 e. The van der Waals surface area contributed by atoms with Crippen LogP contribution in [0, 0.1) is 30.6 Å². The van der Waals surface area contributed by atoms with E-state index >= 15 is 0 Å². The van der Waals surface area contributed by atoms with Crippen molar-refractivity contribution in [3.8, 4) is 23.7 Å². The number of rotatable bonds is 5. The van der Waals surface area contributed by atoms with Crippen molar-refractivity contribution in [3.63, 3.8) is 0 Å². The van der Waals surface area contributed by atoms with Gasteiger partial charge in [-0.2, -0.15) is 0 Å². The topological polar surface area (TPSA) is 9.23 Å². The molecule has 0 heterocycles. The van der Waals surface area contributed by atoms with Crippen LogP contribution in [-0.2, 0) is 11.3 Å². The summed E-state index contributed by atoms with van der Waals surface area (Å²) < 4.78 is 5.86. The van der Waals surface area contributed by atoms with Crippen molar-refractivity contribution >= 4 is 0 Å².